The number of carbonyl (C=O) groups is 1. The highest BCUT2D eigenvalue weighted by atomic mass is 79.9. The van der Waals surface area contributed by atoms with E-state index in [9.17, 15) is 4.79 Å². The molecular formula is C13H24BrNO. The van der Waals surface area contributed by atoms with E-state index in [0.29, 0.717) is 17.9 Å². The van der Waals surface area contributed by atoms with Crippen LogP contribution in [0.2, 0.25) is 0 Å². The number of hydrogen-bond donors (Lipinski definition) is 1. The van der Waals surface area contributed by atoms with E-state index < -0.39 is 0 Å². The van der Waals surface area contributed by atoms with E-state index in [1.54, 1.807) is 0 Å². The van der Waals surface area contributed by atoms with E-state index in [-0.39, 0.29) is 10.7 Å². The highest BCUT2D eigenvalue weighted by Gasteiger charge is 2.25. The summed E-state index contributed by atoms with van der Waals surface area (Å²) < 4.78 is 0. The van der Waals surface area contributed by atoms with Gasteiger partial charge in [0.15, 0.2) is 0 Å². The Morgan fingerprint density at radius 3 is 2.25 bits per heavy atom. The molecule has 1 saturated carbocycles. The molecule has 0 aliphatic heterocycles. The van der Waals surface area contributed by atoms with Crippen LogP contribution in [-0.2, 0) is 4.79 Å². The van der Waals surface area contributed by atoms with Gasteiger partial charge in [0, 0.05) is 6.04 Å². The van der Waals surface area contributed by atoms with Crippen LogP contribution in [-0.4, -0.2) is 16.8 Å². The maximum atomic E-state index is 11.9. The number of carbonyl (C=O) groups excluding carboxylic acids is 1. The van der Waals surface area contributed by atoms with Gasteiger partial charge in [-0.1, -0.05) is 49.0 Å². The fourth-order valence-electron chi connectivity index (χ4n) is 2.36. The molecule has 1 aliphatic rings. The van der Waals surface area contributed by atoms with Crippen molar-refractivity contribution in [3.8, 4) is 0 Å². The average Bonchev–Trinajstić information content (AvgIpc) is 2.28. The van der Waals surface area contributed by atoms with Crippen molar-refractivity contribution >= 4 is 21.8 Å². The molecule has 1 N–H and O–H groups in total. The van der Waals surface area contributed by atoms with Crippen LogP contribution in [0.5, 0.6) is 0 Å². The second-order valence-electron chi connectivity index (χ2n) is 5.34. The van der Waals surface area contributed by atoms with Gasteiger partial charge in [0.25, 0.3) is 0 Å². The lowest BCUT2D eigenvalue weighted by Gasteiger charge is -2.29. The number of halogens is 1. The SMILES string of the molecule is CC(C)C(Br)C(=O)NC(C)C1CCCCC1. The normalized spacial score (nSPS) is 21.8. The molecule has 1 fully saturated rings. The van der Waals surface area contributed by atoms with E-state index in [1.165, 1.54) is 32.1 Å². The highest BCUT2D eigenvalue weighted by molar-refractivity contribution is 9.10. The predicted octanol–water partition coefficient (Wildman–Crippen LogP) is 3.49. The summed E-state index contributed by atoms with van der Waals surface area (Å²) in [5, 5.41) is 3.14. The topological polar surface area (TPSA) is 29.1 Å². The zero-order valence-corrected chi connectivity index (χ0v) is 12.2. The molecule has 0 heterocycles. The van der Waals surface area contributed by atoms with Crippen molar-refractivity contribution in [3.05, 3.63) is 0 Å². The van der Waals surface area contributed by atoms with Crippen LogP contribution in [0.3, 0.4) is 0 Å². The summed E-state index contributed by atoms with van der Waals surface area (Å²) in [6.07, 6.45) is 6.57. The van der Waals surface area contributed by atoms with Crippen LogP contribution in [0.15, 0.2) is 0 Å². The second kappa shape index (κ2) is 6.63. The van der Waals surface area contributed by atoms with Crippen molar-refractivity contribution in [2.45, 2.75) is 63.7 Å². The molecule has 0 aromatic rings. The summed E-state index contributed by atoms with van der Waals surface area (Å²) in [6, 6.07) is 0.326. The van der Waals surface area contributed by atoms with E-state index in [1.807, 2.05) is 0 Å². The Morgan fingerprint density at radius 2 is 1.75 bits per heavy atom. The molecule has 2 unspecified atom stereocenters. The van der Waals surface area contributed by atoms with E-state index in [0.717, 1.165) is 0 Å². The predicted molar refractivity (Wildman–Crippen MR) is 71.7 cm³/mol. The van der Waals surface area contributed by atoms with Gasteiger partial charge in [0.2, 0.25) is 5.91 Å². The molecule has 1 amide bonds. The zero-order chi connectivity index (χ0) is 12.1. The molecule has 0 bridgehead atoms. The maximum Gasteiger partial charge on any atom is 0.234 e. The quantitative estimate of drug-likeness (QED) is 0.789. The molecule has 0 aromatic carbocycles. The first-order valence-electron chi connectivity index (χ1n) is 6.46. The minimum absolute atomic E-state index is 0.0569. The largest absolute Gasteiger partial charge is 0.352 e. The lowest BCUT2D eigenvalue weighted by atomic mass is 9.84. The zero-order valence-electron chi connectivity index (χ0n) is 10.6. The molecule has 2 atom stereocenters. The molecule has 0 saturated heterocycles. The average molecular weight is 290 g/mol. The Bertz CT molecular complexity index is 224. The van der Waals surface area contributed by atoms with Crippen molar-refractivity contribution in [2.75, 3.05) is 0 Å². The van der Waals surface area contributed by atoms with Crippen LogP contribution in [0.1, 0.15) is 52.9 Å². The number of amides is 1. The summed E-state index contributed by atoms with van der Waals surface area (Å²) in [6.45, 7) is 6.27. The van der Waals surface area contributed by atoms with Crippen molar-refractivity contribution in [1.29, 1.82) is 0 Å². The van der Waals surface area contributed by atoms with Crippen molar-refractivity contribution in [3.63, 3.8) is 0 Å². The second-order valence-corrected chi connectivity index (χ2v) is 6.33. The molecular weight excluding hydrogens is 266 g/mol. The van der Waals surface area contributed by atoms with Crippen molar-refractivity contribution in [1.82, 2.24) is 5.32 Å². The first kappa shape index (κ1) is 14.0. The standard InChI is InChI=1S/C13H24BrNO/c1-9(2)12(14)13(16)15-10(3)11-7-5-4-6-8-11/h9-12H,4-8H2,1-3H3,(H,15,16). The third-order valence-corrected chi connectivity index (χ3v) is 5.04. The van der Waals surface area contributed by atoms with Gasteiger partial charge in [-0.3, -0.25) is 4.79 Å². The molecule has 1 aliphatic carbocycles. The fraction of sp³-hybridized carbons (Fsp3) is 0.923. The van der Waals surface area contributed by atoms with Gasteiger partial charge in [0.1, 0.15) is 0 Å². The number of hydrogen-bond acceptors (Lipinski definition) is 1. The summed E-state index contributed by atoms with van der Waals surface area (Å²) >= 11 is 3.45. The number of rotatable bonds is 4. The van der Waals surface area contributed by atoms with Crippen molar-refractivity contribution in [2.24, 2.45) is 11.8 Å². The Morgan fingerprint density at radius 1 is 1.19 bits per heavy atom. The van der Waals surface area contributed by atoms with Gasteiger partial charge in [-0.05, 0) is 31.6 Å². The van der Waals surface area contributed by atoms with E-state index in [4.69, 9.17) is 0 Å². The van der Waals surface area contributed by atoms with Gasteiger partial charge in [-0.2, -0.15) is 0 Å². The lowest BCUT2D eigenvalue weighted by molar-refractivity contribution is -0.122. The summed E-state index contributed by atoms with van der Waals surface area (Å²) in [5.74, 6) is 1.18. The molecule has 2 nitrogen and oxygen atoms in total. The monoisotopic (exact) mass is 289 g/mol. The first-order chi connectivity index (χ1) is 7.52. The first-order valence-corrected chi connectivity index (χ1v) is 7.38. The fourth-order valence-corrected chi connectivity index (χ4v) is 2.49. The third-order valence-electron chi connectivity index (χ3n) is 3.56. The summed E-state index contributed by atoms with van der Waals surface area (Å²) in [7, 11) is 0. The number of alkyl halides is 1. The van der Waals surface area contributed by atoms with Crippen LogP contribution in [0.4, 0.5) is 0 Å². The van der Waals surface area contributed by atoms with Gasteiger partial charge in [-0.15, -0.1) is 0 Å². The van der Waals surface area contributed by atoms with E-state index in [2.05, 4.69) is 42.0 Å². The summed E-state index contributed by atoms with van der Waals surface area (Å²) in [4.78, 5) is 11.8. The third kappa shape index (κ3) is 4.08. The maximum absolute atomic E-state index is 11.9. The molecule has 0 radical (unpaired) electrons. The Balaban J connectivity index is 2.37. The molecule has 16 heavy (non-hydrogen) atoms. The smallest absolute Gasteiger partial charge is 0.234 e. The van der Waals surface area contributed by atoms with Gasteiger partial charge >= 0.3 is 0 Å². The lowest BCUT2D eigenvalue weighted by Crippen LogP contribution is -2.43. The minimum atomic E-state index is -0.0569. The van der Waals surface area contributed by atoms with Crippen LogP contribution < -0.4 is 5.32 Å². The Labute approximate surface area is 108 Å². The Kier molecular flexibility index (Phi) is 5.81. The summed E-state index contributed by atoms with van der Waals surface area (Å²) in [5.41, 5.74) is 0. The van der Waals surface area contributed by atoms with Crippen LogP contribution in [0.25, 0.3) is 0 Å². The van der Waals surface area contributed by atoms with Crippen molar-refractivity contribution < 1.29 is 4.79 Å². The molecule has 94 valence electrons. The van der Waals surface area contributed by atoms with E-state index >= 15 is 0 Å². The molecule has 0 aromatic heterocycles. The number of nitrogens with one attached hydrogen (secondary N) is 1. The Hall–Kier alpha value is -0.0500. The van der Waals surface area contributed by atoms with Gasteiger partial charge in [0.05, 0.1) is 4.83 Å². The van der Waals surface area contributed by atoms with Crippen LogP contribution >= 0.6 is 15.9 Å². The molecule has 3 heteroatoms. The van der Waals surface area contributed by atoms with Gasteiger partial charge in [-0.25, -0.2) is 0 Å². The van der Waals surface area contributed by atoms with Gasteiger partial charge < -0.3 is 5.32 Å². The minimum Gasteiger partial charge on any atom is -0.352 e. The molecule has 1 rings (SSSR count). The molecule has 0 spiro atoms. The highest BCUT2D eigenvalue weighted by Crippen LogP contribution is 2.26. The van der Waals surface area contributed by atoms with Crippen LogP contribution in [0, 0.1) is 11.8 Å².